The van der Waals surface area contributed by atoms with Crippen molar-refractivity contribution in [3.63, 3.8) is 0 Å². The lowest BCUT2D eigenvalue weighted by molar-refractivity contribution is -0.137. The molecule has 0 aliphatic carbocycles. The SMILES string of the molecule is CCOC(=O)/C=C(\CC)c1ccc(C)cc1. The zero-order valence-corrected chi connectivity index (χ0v) is 10.1. The van der Waals surface area contributed by atoms with E-state index in [2.05, 4.69) is 0 Å². The Morgan fingerprint density at radius 3 is 2.38 bits per heavy atom. The minimum absolute atomic E-state index is 0.264. The molecule has 1 aromatic carbocycles. The van der Waals surface area contributed by atoms with E-state index in [4.69, 9.17) is 4.74 Å². The molecule has 0 spiro atoms. The lowest BCUT2D eigenvalue weighted by Gasteiger charge is -2.05. The second-order valence-electron chi connectivity index (χ2n) is 3.64. The molecule has 0 saturated heterocycles. The van der Waals surface area contributed by atoms with E-state index >= 15 is 0 Å². The van der Waals surface area contributed by atoms with E-state index < -0.39 is 0 Å². The summed E-state index contributed by atoms with van der Waals surface area (Å²) < 4.78 is 4.90. The van der Waals surface area contributed by atoms with Crippen molar-refractivity contribution in [1.29, 1.82) is 0 Å². The Morgan fingerprint density at radius 1 is 1.25 bits per heavy atom. The predicted molar refractivity (Wildman–Crippen MR) is 66.1 cm³/mol. The van der Waals surface area contributed by atoms with E-state index in [0.29, 0.717) is 6.61 Å². The molecule has 0 N–H and O–H groups in total. The summed E-state index contributed by atoms with van der Waals surface area (Å²) in [4.78, 5) is 11.4. The van der Waals surface area contributed by atoms with Crippen molar-refractivity contribution in [2.45, 2.75) is 27.2 Å². The molecule has 0 aromatic heterocycles. The maximum Gasteiger partial charge on any atom is 0.331 e. The van der Waals surface area contributed by atoms with Crippen LogP contribution in [-0.4, -0.2) is 12.6 Å². The molecule has 2 nitrogen and oxygen atoms in total. The lowest BCUT2D eigenvalue weighted by atomic mass is 10.0. The third-order valence-corrected chi connectivity index (χ3v) is 2.38. The summed E-state index contributed by atoms with van der Waals surface area (Å²) in [6.45, 7) is 6.30. The van der Waals surface area contributed by atoms with Crippen LogP contribution in [0, 0.1) is 6.92 Å². The van der Waals surface area contributed by atoms with Gasteiger partial charge in [-0.15, -0.1) is 0 Å². The van der Waals surface area contributed by atoms with E-state index in [1.54, 1.807) is 6.08 Å². The summed E-state index contributed by atoms with van der Waals surface area (Å²) in [5.74, 6) is -0.264. The van der Waals surface area contributed by atoms with Crippen LogP contribution in [0.2, 0.25) is 0 Å². The maximum absolute atomic E-state index is 11.4. The Hall–Kier alpha value is -1.57. The van der Waals surface area contributed by atoms with Crippen LogP contribution in [0.5, 0.6) is 0 Å². The van der Waals surface area contributed by atoms with E-state index in [0.717, 1.165) is 17.6 Å². The second kappa shape index (κ2) is 6.11. The Morgan fingerprint density at radius 2 is 1.88 bits per heavy atom. The molecule has 2 heteroatoms. The monoisotopic (exact) mass is 218 g/mol. The Kier molecular flexibility index (Phi) is 4.77. The number of rotatable bonds is 4. The predicted octanol–water partition coefficient (Wildman–Crippen LogP) is 3.35. The van der Waals surface area contributed by atoms with Crippen molar-refractivity contribution in [2.75, 3.05) is 6.61 Å². The first-order valence-corrected chi connectivity index (χ1v) is 5.61. The van der Waals surface area contributed by atoms with Crippen molar-refractivity contribution in [3.8, 4) is 0 Å². The van der Waals surface area contributed by atoms with Gasteiger partial charge < -0.3 is 4.74 Å². The standard InChI is InChI=1S/C14H18O2/c1-4-12(10-14(15)16-5-2)13-8-6-11(3)7-9-13/h6-10H,4-5H2,1-3H3/b12-10+. The average Bonchev–Trinajstić information content (AvgIpc) is 2.27. The molecule has 0 radical (unpaired) electrons. The highest BCUT2D eigenvalue weighted by Crippen LogP contribution is 2.18. The molecular weight excluding hydrogens is 200 g/mol. The van der Waals surface area contributed by atoms with E-state index in [1.165, 1.54) is 5.56 Å². The van der Waals surface area contributed by atoms with Crippen molar-refractivity contribution in [1.82, 2.24) is 0 Å². The molecule has 86 valence electrons. The summed E-state index contributed by atoms with van der Waals surface area (Å²) in [7, 11) is 0. The molecule has 16 heavy (non-hydrogen) atoms. The molecule has 0 saturated carbocycles. The molecule has 0 amide bonds. The fourth-order valence-corrected chi connectivity index (χ4v) is 1.48. The quantitative estimate of drug-likeness (QED) is 0.572. The summed E-state index contributed by atoms with van der Waals surface area (Å²) in [6, 6.07) is 8.15. The van der Waals surface area contributed by atoms with Gasteiger partial charge in [-0.3, -0.25) is 0 Å². The first-order chi connectivity index (χ1) is 7.67. The largest absolute Gasteiger partial charge is 0.463 e. The number of carbonyl (C=O) groups is 1. The normalized spacial score (nSPS) is 11.3. The number of benzene rings is 1. The highest BCUT2D eigenvalue weighted by atomic mass is 16.5. The topological polar surface area (TPSA) is 26.3 Å². The minimum atomic E-state index is -0.264. The number of hydrogen-bond donors (Lipinski definition) is 0. The number of ether oxygens (including phenoxy) is 1. The van der Waals surface area contributed by atoms with Crippen LogP contribution in [-0.2, 0) is 9.53 Å². The highest BCUT2D eigenvalue weighted by Gasteiger charge is 2.03. The van der Waals surface area contributed by atoms with E-state index in [1.807, 2.05) is 45.0 Å². The molecular formula is C14H18O2. The van der Waals surface area contributed by atoms with Crippen molar-refractivity contribution >= 4 is 11.5 Å². The zero-order chi connectivity index (χ0) is 12.0. The fraction of sp³-hybridized carbons (Fsp3) is 0.357. The number of carbonyl (C=O) groups excluding carboxylic acids is 1. The van der Waals surface area contributed by atoms with Crippen molar-refractivity contribution < 1.29 is 9.53 Å². The molecule has 1 aromatic rings. The van der Waals surface area contributed by atoms with Gasteiger partial charge in [0, 0.05) is 6.08 Å². The van der Waals surface area contributed by atoms with Crippen LogP contribution < -0.4 is 0 Å². The molecule has 0 atom stereocenters. The Labute approximate surface area is 96.9 Å². The third kappa shape index (κ3) is 3.54. The van der Waals surface area contributed by atoms with Gasteiger partial charge in [-0.05, 0) is 31.4 Å². The van der Waals surface area contributed by atoms with Gasteiger partial charge in [-0.1, -0.05) is 36.8 Å². The van der Waals surface area contributed by atoms with Gasteiger partial charge in [0.25, 0.3) is 0 Å². The van der Waals surface area contributed by atoms with E-state index in [9.17, 15) is 4.79 Å². The molecule has 0 bridgehead atoms. The summed E-state index contributed by atoms with van der Waals surface area (Å²) in [5.41, 5.74) is 3.31. The number of allylic oxidation sites excluding steroid dienone is 1. The van der Waals surface area contributed by atoms with Crippen molar-refractivity contribution in [3.05, 3.63) is 41.5 Å². The smallest absolute Gasteiger partial charge is 0.331 e. The average molecular weight is 218 g/mol. The maximum atomic E-state index is 11.4. The van der Waals surface area contributed by atoms with Crippen LogP contribution in [0.1, 0.15) is 31.4 Å². The van der Waals surface area contributed by atoms with Crippen LogP contribution in [0.3, 0.4) is 0 Å². The molecule has 0 heterocycles. The number of aryl methyl sites for hydroxylation is 1. The van der Waals surface area contributed by atoms with Crippen molar-refractivity contribution in [2.24, 2.45) is 0 Å². The van der Waals surface area contributed by atoms with Gasteiger partial charge in [0.2, 0.25) is 0 Å². The second-order valence-corrected chi connectivity index (χ2v) is 3.64. The summed E-state index contributed by atoms with van der Waals surface area (Å²) in [5, 5.41) is 0. The van der Waals surface area contributed by atoms with Gasteiger partial charge in [0.15, 0.2) is 0 Å². The van der Waals surface area contributed by atoms with Gasteiger partial charge in [0.1, 0.15) is 0 Å². The van der Waals surface area contributed by atoms with Gasteiger partial charge in [0.05, 0.1) is 6.61 Å². The minimum Gasteiger partial charge on any atom is -0.463 e. The molecule has 0 fully saturated rings. The molecule has 1 rings (SSSR count). The van der Waals surface area contributed by atoms with Gasteiger partial charge >= 0.3 is 5.97 Å². The summed E-state index contributed by atoms with van der Waals surface area (Å²) >= 11 is 0. The van der Waals surface area contributed by atoms with Crippen LogP contribution in [0.4, 0.5) is 0 Å². The Bertz CT molecular complexity index is 374. The number of hydrogen-bond acceptors (Lipinski definition) is 2. The molecule has 0 aliphatic heterocycles. The molecule has 0 aliphatic rings. The highest BCUT2D eigenvalue weighted by molar-refractivity contribution is 5.91. The molecule has 0 unspecified atom stereocenters. The number of esters is 1. The lowest BCUT2D eigenvalue weighted by Crippen LogP contribution is -2.00. The van der Waals surface area contributed by atoms with Gasteiger partial charge in [-0.25, -0.2) is 4.79 Å². The van der Waals surface area contributed by atoms with Gasteiger partial charge in [-0.2, -0.15) is 0 Å². The van der Waals surface area contributed by atoms with Crippen LogP contribution in [0.25, 0.3) is 5.57 Å². The fourth-order valence-electron chi connectivity index (χ4n) is 1.48. The first kappa shape index (κ1) is 12.5. The summed E-state index contributed by atoms with van der Waals surface area (Å²) in [6.07, 6.45) is 2.40. The first-order valence-electron chi connectivity index (χ1n) is 5.61. The van der Waals surface area contributed by atoms with Crippen LogP contribution >= 0.6 is 0 Å². The van der Waals surface area contributed by atoms with E-state index in [-0.39, 0.29) is 5.97 Å². The van der Waals surface area contributed by atoms with Crippen LogP contribution in [0.15, 0.2) is 30.3 Å². The Balaban J connectivity index is 2.89. The zero-order valence-electron chi connectivity index (χ0n) is 10.1. The third-order valence-electron chi connectivity index (χ3n) is 2.38.